The van der Waals surface area contributed by atoms with Crippen molar-refractivity contribution in [1.82, 2.24) is 20.2 Å². The number of primary amides is 1. The number of anilines is 2. The van der Waals surface area contributed by atoms with Crippen molar-refractivity contribution < 1.29 is 42.2 Å². The van der Waals surface area contributed by atoms with Crippen molar-refractivity contribution >= 4 is 28.4 Å². The summed E-state index contributed by atoms with van der Waals surface area (Å²) in [5.74, 6) is 1.27. The van der Waals surface area contributed by atoms with Crippen LogP contribution in [0.5, 0.6) is 5.75 Å². The minimum absolute atomic E-state index is 0. The molecular formula is C14H13N6O2Y-. The number of benzene rings is 1. The molecule has 9 heteroatoms. The number of aromatic nitrogens is 4. The summed E-state index contributed by atoms with van der Waals surface area (Å²) in [6.45, 7) is 0. The average molecular weight is 386 g/mol. The molecule has 3 aromatic rings. The maximum absolute atomic E-state index is 10.9. The number of nitrogens with two attached hydrogens (primary N) is 1. The van der Waals surface area contributed by atoms with Crippen LogP contribution < -0.4 is 15.8 Å². The number of carbonyl (C=O) groups excluding carboxylic acids is 1. The van der Waals surface area contributed by atoms with Crippen LogP contribution in [0, 0.1) is 6.07 Å². The molecule has 0 bridgehead atoms. The zero-order chi connectivity index (χ0) is 15.5. The van der Waals surface area contributed by atoms with E-state index in [0.717, 1.165) is 10.9 Å². The molecule has 0 spiro atoms. The van der Waals surface area contributed by atoms with Crippen LogP contribution in [0.1, 0.15) is 5.69 Å². The Balaban J connectivity index is 0.00000192. The van der Waals surface area contributed by atoms with E-state index >= 15 is 0 Å². The second kappa shape index (κ2) is 7.47. The third-order valence-corrected chi connectivity index (χ3v) is 3.00. The molecule has 0 saturated heterocycles. The first-order valence-corrected chi connectivity index (χ1v) is 6.46. The quantitative estimate of drug-likeness (QED) is 0.562. The van der Waals surface area contributed by atoms with Crippen LogP contribution in [0.15, 0.2) is 24.5 Å². The minimum atomic E-state index is -0.428. The second-order valence-electron chi connectivity index (χ2n) is 4.57. The van der Waals surface area contributed by atoms with E-state index in [0.29, 0.717) is 23.1 Å². The monoisotopic (exact) mass is 386 g/mol. The molecule has 115 valence electrons. The van der Waals surface area contributed by atoms with Gasteiger partial charge in [-0.05, 0) is 5.52 Å². The molecular weight excluding hydrogens is 373 g/mol. The molecule has 4 N–H and O–H groups in total. The van der Waals surface area contributed by atoms with Gasteiger partial charge in [0.15, 0.2) is 5.82 Å². The first kappa shape index (κ1) is 17.3. The van der Waals surface area contributed by atoms with Gasteiger partial charge in [0.1, 0.15) is 12.1 Å². The smallest absolute Gasteiger partial charge is 0.223 e. The summed E-state index contributed by atoms with van der Waals surface area (Å²) >= 11 is 0. The topological polar surface area (TPSA) is 119 Å². The Bertz CT molecular complexity index is 835. The minimum Gasteiger partial charge on any atom is -0.523 e. The number of rotatable bonds is 5. The third kappa shape index (κ3) is 4.02. The molecule has 23 heavy (non-hydrogen) atoms. The van der Waals surface area contributed by atoms with Crippen LogP contribution in [0.2, 0.25) is 0 Å². The Labute approximate surface area is 157 Å². The van der Waals surface area contributed by atoms with Gasteiger partial charge >= 0.3 is 0 Å². The zero-order valence-corrected chi connectivity index (χ0v) is 15.2. The van der Waals surface area contributed by atoms with Gasteiger partial charge in [0.25, 0.3) is 0 Å². The van der Waals surface area contributed by atoms with E-state index in [1.807, 2.05) is 0 Å². The summed E-state index contributed by atoms with van der Waals surface area (Å²) in [5, 5.41) is 10.7. The summed E-state index contributed by atoms with van der Waals surface area (Å²) in [5.41, 5.74) is 6.50. The first-order chi connectivity index (χ1) is 10.7. The van der Waals surface area contributed by atoms with Crippen molar-refractivity contribution in [2.24, 2.45) is 5.73 Å². The molecule has 0 saturated carbocycles. The van der Waals surface area contributed by atoms with Gasteiger partial charge in [-0.25, -0.2) is 4.98 Å². The fourth-order valence-corrected chi connectivity index (χ4v) is 2.02. The molecule has 0 atom stereocenters. The van der Waals surface area contributed by atoms with Crippen LogP contribution in [-0.4, -0.2) is 33.2 Å². The fourth-order valence-electron chi connectivity index (χ4n) is 2.02. The SMILES string of the molecule is COc1[c-]cc2ncnc(Nc3cc(CC(N)=O)[nH]n3)c2c1.[Y]. The van der Waals surface area contributed by atoms with Crippen molar-refractivity contribution in [1.29, 1.82) is 0 Å². The van der Waals surface area contributed by atoms with Crippen LogP contribution >= 0.6 is 0 Å². The van der Waals surface area contributed by atoms with Crippen molar-refractivity contribution in [2.75, 3.05) is 12.4 Å². The summed E-state index contributed by atoms with van der Waals surface area (Å²) in [7, 11) is 1.57. The van der Waals surface area contributed by atoms with Gasteiger partial charge in [0, 0.05) is 50.2 Å². The summed E-state index contributed by atoms with van der Waals surface area (Å²) in [4.78, 5) is 19.3. The average Bonchev–Trinajstić information content (AvgIpc) is 2.93. The zero-order valence-electron chi connectivity index (χ0n) is 12.3. The summed E-state index contributed by atoms with van der Waals surface area (Å²) in [6, 6.07) is 8.18. The number of nitrogens with zero attached hydrogens (tertiary/aromatic N) is 3. The number of carbonyl (C=O) groups is 1. The van der Waals surface area contributed by atoms with Crippen molar-refractivity contribution in [3.05, 3.63) is 36.3 Å². The molecule has 1 aromatic carbocycles. The van der Waals surface area contributed by atoms with Crippen molar-refractivity contribution in [2.45, 2.75) is 6.42 Å². The van der Waals surface area contributed by atoms with Crippen LogP contribution in [0.25, 0.3) is 10.9 Å². The molecule has 3 rings (SSSR count). The molecule has 8 nitrogen and oxygen atoms in total. The number of ether oxygens (including phenoxy) is 1. The number of aromatic amines is 1. The number of hydrogen-bond donors (Lipinski definition) is 3. The Hall–Kier alpha value is -2.06. The normalized spacial score (nSPS) is 10.1. The van der Waals surface area contributed by atoms with Crippen LogP contribution in [-0.2, 0) is 43.9 Å². The van der Waals surface area contributed by atoms with Gasteiger partial charge in [0.2, 0.25) is 5.91 Å². The number of amides is 1. The van der Waals surface area contributed by atoms with Crippen LogP contribution in [0.4, 0.5) is 11.6 Å². The largest absolute Gasteiger partial charge is 0.523 e. The molecule has 0 fully saturated rings. The van der Waals surface area contributed by atoms with E-state index in [2.05, 4.69) is 31.5 Å². The van der Waals surface area contributed by atoms with Gasteiger partial charge in [-0.3, -0.25) is 9.89 Å². The van der Waals surface area contributed by atoms with E-state index < -0.39 is 5.91 Å². The third-order valence-electron chi connectivity index (χ3n) is 3.00. The number of H-pyrrole nitrogens is 1. The van der Waals surface area contributed by atoms with Gasteiger partial charge in [-0.2, -0.15) is 5.10 Å². The molecule has 1 amide bonds. The van der Waals surface area contributed by atoms with Gasteiger partial charge < -0.3 is 20.8 Å². The first-order valence-electron chi connectivity index (χ1n) is 6.46. The van der Waals surface area contributed by atoms with Gasteiger partial charge in [-0.1, -0.05) is 5.39 Å². The predicted molar refractivity (Wildman–Crippen MR) is 79.7 cm³/mol. The van der Waals surface area contributed by atoms with Gasteiger partial charge in [0.05, 0.1) is 13.5 Å². The standard InChI is InChI=1S/C14H13N6O2.Y/c1-22-9-2-3-11-10(6-9)14(17-7-16-11)18-13-5-8(19-20-13)4-12(15)21;/h3,5-7H,4H2,1H3,(H2,15,21)(H2,16,17,18,19,20);/q-1;. The maximum Gasteiger partial charge on any atom is 0.223 e. The molecule has 0 aliphatic carbocycles. The molecule has 0 unspecified atom stereocenters. The summed E-state index contributed by atoms with van der Waals surface area (Å²) < 4.78 is 5.16. The second-order valence-corrected chi connectivity index (χ2v) is 4.57. The van der Waals surface area contributed by atoms with E-state index in [9.17, 15) is 4.79 Å². The fraction of sp³-hybridized carbons (Fsp3) is 0.143. The van der Waals surface area contributed by atoms with Crippen molar-refractivity contribution in [3.63, 3.8) is 0 Å². The number of fused-ring (bicyclic) bond motifs is 1. The number of methoxy groups -OCH3 is 1. The number of hydrogen-bond acceptors (Lipinski definition) is 6. The molecule has 0 aliphatic heterocycles. The molecule has 2 heterocycles. The van der Waals surface area contributed by atoms with E-state index in [-0.39, 0.29) is 39.1 Å². The number of nitrogens with one attached hydrogen (secondary N) is 2. The van der Waals surface area contributed by atoms with E-state index in [1.165, 1.54) is 6.33 Å². The summed E-state index contributed by atoms with van der Waals surface area (Å²) in [6.07, 6.45) is 1.55. The Morgan fingerprint density at radius 2 is 2.26 bits per heavy atom. The predicted octanol–water partition coefficient (Wildman–Crippen LogP) is 0.931. The Morgan fingerprint density at radius 1 is 1.43 bits per heavy atom. The molecule has 2 aromatic heterocycles. The van der Waals surface area contributed by atoms with Crippen LogP contribution in [0.3, 0.4) is 0 Å². The molecule has 0 aliphatic rings. The van der Waals surface area contributed by atoms with Crippen molar-refractivity contribution in [3.8, 4) is 5.75 Å². The Kier molecular flexibility index (Phi) is 5.62. The van der Waals surface area contributed by atoms with Gasteiger partial charge in [-0.15, -0.1) is 18.2 Å². The van der Waals surface area contributed by atoms with E-state index in [1.54, 1.807) is 25.3 Å². The maximum atomic E-state index is 10.9. The van der Waals surface area contributed by atoms with E-state index in [4.69, 9.17) is 10.5 Å². The Morgan fingerprint density at radius 3 is 3.00 bits per heavy atom. The molecule has 1 radical (unpaired) electrons.